The Hall–Kier alpha value is -1.66. The molecule has 2 heterocycles. The Balaban J connectivity index is 1.65. The number of hydrogen-bond acceptors (Lipinski definition) is 4. The molecule has 2 aliphatic heterocycles. The van der Waals surface area contributed by atoms with Crippen molar-refractivity contribution >= 4 is 5.91 Å². The molecule has 2 fully saturated rings. The third-order valence-corrected chi connectivity index (χ3v) is 4.69. The zero-order chi connectivity index (χ0) is 15.7. The van der Waals surface area contributed by atoms with Crippen molar-refractivity contribution in [2.24, 2.45) is 0 Å². The van der Waals surface area contributed by atoms with Gasteiger partial charge in [-0.25, -0.2) is 4.39 Å². The summed E-state index contributed by atoms with van der Waals surface area (Å²) < 4.78 is 13.3. The van der Waals surface area contributed by atoms with Crippen LogP contribution < -0.4 is 0 Å². The van der Waals surface area contributed by atoms with Crippen molar-refractivity contribution in [2.45, 2.75) is 12.5 Å². The third kappa shape index (κ3) is 3.08. The Kier molecular flexibility index (Phi) is 4.31. The summed E-state index contributed by atoms with van der Waals surface area (Å²) in [6, 6.07) is 3.87. The summed E-state index contributed by atoms with van der Waals surface area (Å²) in [6.07, 6.45) is 0.936. The van der Waals surface area contributed by atoms with Crippen molar-refractivity contribution in [1.82, 2.24) is 14.7 Å². The molecular formula is C16H22FN3O2. The van der Waals surface area contributed by atoms with Gasteiger partial charge in [0.25, 0.3) is 5.91 Å². The molecule has 1 N–H and O–H groups in total. The normalized spacial score (nSPS) is 23.9. The summed E-state index contributed by atoms with van der Waals surface area (Å²) in [5.41, 5.74) is 0.0547. The number of piperazine rings is 1. The SMILES string of the molecule is CN1CCN([C@H]2CCN(C(=O)c3cc(F)ccc3O)C2)CC1. The fraction of sp³-hybridized carbons (Fsp3) is 0.562. The van der Waals surface area contributed by atoms with E-state index in [0.717, 1.165) is 44.7 Å². The van der Waals surface area contributed by atoms with Crippen LogP contribution in [0.1, 0.15) is 16.8 Å². The van der Waals surface area contributed by atoms with Crippen LogP contribution in [-0.2, 0) is 0 Å². The third-order valence-electron chi connectivity index (χ3n) is 4.69. The number of hydrogen-bond donors (Lipinski definition) is 1. The van der Waals surface area contributed by atoms with Crippen LogP contribution in [0.4, 0.5) is 4.39 Å². The highest BCUT2D eigenvalue weighted by molar-refractivity contribution is 5.97. The minimum atomic E-state index is -0.504. The molecule has 0 spiro atoms. The first-order valence-corrected chi connectivity index (χ1v) is 7.75. The Morgan fingerprint density at radius 3 is 2.68 bits per heavy atom. The fourth-order valence-corrected chi connectivity index (χ4v) is 3.26. The van der Waals surface area contributed by atoms with Crippen molar-refractivity contribution in [3.05, 3.63) is 29.6 Å². The van der Waals surface area contributed by atoms with Crippen LogP contribution in [0.15, 0.2) is 18.2 Å². The Labute approximate surface area is 129 Å². The number of aromatic hydroxyl groups is 1. The summed E-state index contributed by atoms with van der Waals surface area (Å²) in [5.74, 6) is -0.945. The van der Waals surface area contributed by atoms with E-state index >= 15 is 0 Å². The second-order valence-electron chi connectivity index (χ2n) is 6.19. The quantitative estimate of drug-likeness (QED) is 0.885. The summed E-state index contributed by atoms with van der Waals surface area (Å²) in [6.45, 7) is 5.46. The monoisotopic (exact) mass is 307 g/mol. The molecule has 0 bridgehead atoms. The van der Waals surface area contributed by atoms with Gasteiger partial charge in [-0.1, -0.05) is 0 Å². The van der Waals surface area contributed by atoms with E-state index in [4.69, 9.17) is 0 Å². The lowest BCUT2D eigenvalue weighted by Gasteiger charge is -2.36. The second kappa shape index (κ2) is 6.22. The molecule has 22 heavy (non-hydrogen) atoms. The second-order valence-corrected chi connectivity index (χ2v) is 6.19. The number of benzene rings is 1. The number of carbonyl (C=O) groups is 1. The van der Waals surface area contributed by atoms with Gasteiger partial charge in [0.05, 0.1) is 5.56 Å². The zero-order valence-corrected chi connectivity index (χ0v) is 12.8. The number of phenolic OH excluding ortho intramolecular Hbond substituents is 1. The molecule has 5 nitrogen and oxygen atoms in total. The van der Waals surface area contributed by atoms with Crippen LogP contribution in [0.5, 0.6) is 5.75 Å². The smallest absolute Gasteiger partial charge is 0.257 e. The maximum absolute atomic E-state index is 13.3. The van der Waals surface area contributed by atoms with Gasteiger partial charge in [-0.2, -0.15) is 0 Å². The molecule has 0 aromatic heterocycles. The van der Waals surface area contributed by atoms with Gasteiger partial charge in [-0.05, 0) is 31.7 Å². The predicted octanol–water partition coefficient (Wildman–Crippen LogP) is 0.993. The van der Waals surface area contributed by atoms with Gasteiger partial charge in [0.1, 0.15) is 11.6 Å². The molecule has 1 atom stereocenters. The standard InChI is InChI=1S/C16H22FN3O2/c1-18-6-8-19(9-7-18)13-4-5-20(11-13)16(22)14-10-12(17)2-3-15(14)21/h2-3,10,13,21H,4-9,11H2,1H3/t13-/m0/s1. The van der Waals surface area contributed by atoms with Crippen molar-refractivity contribution in [3.8, 4) is 5.75 Å². The van der Waals surface area contributed by atoms with Gasteiger partial charge >= 0.3 is 0 Å². The molecule has 1 aromatic carbocycles. The average molecular weight is 307 g/mol. The van der Waals surface area contributed by atoms with Gasteiger partial charge in [0, 0.05) is 45.3 Å². The number of amides is 1. The van der Waals surface area contributed by atoms with Gasteiger partial charge in [0.15, 0.2) is 0 Å². The lowest BCUT2D eigenvalue weighted by atomic mass is 10.1. The number of phenols is 1. The first kappa shape index (κ1) is 15.2. The number of carbonyl (C=O) groups excluding carboxylic acids is 1. The van der Waals surface area contributed by atoms with E-state index in [0.29, 0.717) is 19.1 Å². The summed E-state index contributed by atoms with van der Waals surface area (Å²) in [4.78, 5) is 18.9. The van der Waals surface area contributed by atoms with Gasteiger partial charge in [-0.3, -0.25) is 9.69 Å². The highest BCUT2D eigenvalue weighted by Crippen LogP contribution is 2.24. The Morgan fingerprint density at radius 2 is 1.95 bits per heavy atom. The van der Waals surface area contributed by atoms with Crippen LogP contribution in [0.25, 0.3) is 0 Å². The van der Waals surface area contributed by atoms with E-state index in [2.05, 4.69) is 16.8 Å². The van der Waals surface area contributed by atoms with Crippen LogP contribution in [0, 0.1) is 5.82 Å². The van der Waals surface area contributed by atoms with E-state index in [-0.39, 0.29) is 17.2 Å². The molecule has 0 radical (unpaired) electrons. The van der Waals surface area contributed by atoms with E-state index in [1.807, 2.05) is 0 Å². The summed E-state index contributed by atoms with van der Waals surface area (Å²) in [5, 5.41) is 9.78. The lowest BCUT2D eigenvalue weighted by Crippen LogP contribution is -2.50. The number of likely N-dealkylation sites (tertiary alicyclic amines) is 1. The minimum Gasteiger partial charge on any atom is -0.507 e. The van der Waals surface area contributed by atoms with Gasteiger partial charge in [-0.15, -0.1) is 0 Å². The van der Waals surface area contributed by atoms with Crippen LogP contribution >= 0.6 is 0 Å². The molecule has 2 saturated heterocycles. The first-order chi connectivity index (χ1) is 10.5. The molecule has 0 aliphatic carbocycles. The molecule has 0 unspecified atom stereocenters. The Bertz CT molecular complexity index is 558. The van der Waals surface area contributed by atoms with Gasteiger partial charge in [0.2, 0.25) is 0 Å². The van der Waals surface area contributed by atoms with Crippen LogP contribution in [0.3, 0.4) is 0 Å². The molecule has 0 saturated carbocycles. The largest absolute Gasteiger partial charge is 0.507 e. The van der Waals surface area contributed by atoms with Crippen molar-refractivity contribution in [3.63, 3.8) is 0 Å². The molecular weight excluding hydrogens is 285 g/mol. The van der Waals surface area contributed by atoms with E-state index < -0.39 is 5.82 Å². The minimum absolute atomic E-state index is 0.0547. The molecule has 120 valence electrons. The van der Waals surface area contributed by atoms with Crippen molar-refractivity contribution in [2.75, 3.05) is 46.3 Å². The number of halogens is 1. The van der Waals surface area contributed by atoms with Crippen LogP contribution in [0.2, 0.25) is 0 Å². The van der Waals surface area contributed by atoms with E-state index in [1.54, 1.807) is 4.90 Å². The fourth-order valence-electron chi connectivity index (χ4n) is 3.26. The van der Waals surface area contributed by atoms with E-state index in [1.165, 1.54) is 6.07 Å². The number of nitrogens with zero attached hydrogens (tertiary/aromatic N) is 3. The van der Waals surface area contributed by atoms with E-state index in [9.17, 15) is 14.3 Å². The predicted molar refractivity (Wildman–Crippen MR) is 81.4 cm³/mol. The highest BCUT2D eigenvalue weighted by Gasteiger charge is 2.32. The summed E-state index contributed by atoms with van der Waals surface area (Å²) in [7, 11) is 2.12. The van der Waals surface area contributed by atoms with Crippen molar-refractivity contribution < 1.29 is 14.3 Å². The first-order valence-electron chi connectivity index (χ1n) is 7.75. The maximum Gasteiger partial charge on any atom is 0.257 e. The lowest BCUT2D eigenvalue weighted by molar-refractivity contribution is 0.0752. The average Bonchev–Trinajstić information content (AvgIpc) is 2.99. The highest BCUT2D eigenvalue weighted by atomic mass is 19.1. The number of likely N-dealkylation sites (N-methyl/N-ethyl adjacent to an activating group) is 1. The molecule has 3 rings (SSSR count). The van der Waals surface area contributed by atoms with Gasteiger partial charge < -0.3 is 14.9 Å². The molecule has 1 amide bonds. The number of rotatable bonds is 2. The Morgan fingerprint density at radius 1 is 1.23 bits per heavy atom. The summed E-state index contributed by atoms with van der Waals surface area (Å²) >= 11 is 0. The molecule has 2 aliphatic rings. The topological polar surface area (TPSA) is 47.0 Å². The van der Waals surface area contributed by atoms with Crippen molar-refractivity contribution in [1.29, 1.82) is 0 Å². The zero-order valence-electron chi connectivity index (χ0n) is 12.8. The van der Waals surface area contributed by atoms with Crippen LogP contribution in [-0.4, -0.2) is 78.1 Å². The molecule has 1 aromatic rings. The molecule has 6 heteroatoms. The maximum atomic E-state index is 13.3.